The number of hydrogen-bond acceptors (Lipinski definition) is 9. The molecule has 0 saturated carbocycles. The van der Waals surface area contributed by atoms with Gasteiger partial charge in [0.25, 0.3) is 0 Å². The van der Waals surface area contributed by atoms with Crippen LogP contribution in [-0.4, -0.2) is 57.4 Å². The first-order chi connectivity index (χ1) is 14.6. The van der Waals surface area contributed by atoms with E-state index >= 15 is 0 Å². The van der Waals surface area contributed by atoms with Crippen molar-refractivity contribution in [3.05, 3.63) is 42.2 Å². The van der Waals surface area contributed by atoms with E-state index in [1.165, 1.54) is 0 Å². The maximum absolute atomic E-state index is 6.19. The largest absolute Gasteiger partial charge is 0.364 e. The van der Waals surface area contributed by atoms with E-state index < -0.39 is 0 Å². The van der Waals surface area contributed by atoms with Gasteiger partial charge in [-0.1, -0.05) is 11.8 Å². The molecule has 0 unspecified atom stereocenters. The summed E-state index contributed by atoms with van der Waals surface area (Å²) in [6, 6.07) is 6.13. The fraction of sp³-hybridized carbons (Fsp3) is 0.211. The lowest BCUT2D eigenvalue weighted by molar-refractivity contribution is 0.205. The molecule has 0 N–H and O–H groups in total. The third-order valence-electron chi connectivity index (χ3n) is 4.65. The Hall–Kier alpha value is -2.95. The molecule has 11 heteroatoms. The van der Waals surface area contributed by atoms with E-state index in [0.717, 1.165) is 27.1 Å². The van der Waals surface area contributed by atoms with Gasteiger partial charge in [0.1, 0.15) is 18.1 Å². The number of hydrogen-bond donors (Lipinski definition) is 0. The number of benzene rings is 1. The van der Waals surface area contributed by atoms with Crippen LogP contribution in [0.25, 0.3) is 16.9 Å². The first-order valence-corrected chi connectivity index (χ1v) is 10.2. The zero-order valence-electron chi connectivity index (χ0n) is 16.4. The van der Waals surface area contributed by atoms with Gasteiger partial charge in [0, 0.05) is 38.5 Å². The second-order valence-corrected chi connectivity index (χ2v) is 8.15. The standard InChI is InChI=1S/C19H17ClN8OS/c1-26(2)15-14-16(25-19(20)24-15)27(9-23-14)11-4-5-13-12(8-11)28(10-29-3)17-18(30-13)22-7-6-21-17/h4-9H,10H2,1-3H3. The second kappa shape index (κ2) is 7.38. The van der Waals surface area contributed by atoms with Crippen LogP contribution >= 0.6 is 23.4 Å². The highest BCUT2D eigenvalue weighted by Crippen LogP contribution is 2.46. The van der Waals surface area contributed by atoms with Crippen molar-refractivity contribution < 1.29 is 4.74 Å². The molecule has 0 atom stereocenters. The normalized spacial score (nSPS) is 12.7. The molecule has 1 aliphatic rings. The summed E-state index contributed by atoms with van der Waals surface area (Å²) in [5, 5.41) is 1.02. The molecule has 4 heterocycles. The summed E-state index contributed by atoms with van der Waals surface area (Å²) in [7, 11) is 5.45. The molecule has 0 fully saturated rings. The number of aromatic nitrogens is 6. The van der Waals surface area contributed by atoms with Crippen LogP contribution in [0.2, 0.25) is 5.28 Å². The smallest absolute Gasteiger partial charge is 0.226 e. The van der Waals surface area contributed by atoms with Gasteiger partial charge in [-0.3, -0.25) is 9.47 Å². The Kier molecular flexibility index (Phi) is 4.69. The van der Waals surface area contributed by atoms with Crippen LogP contribution in [0.1, 0.15) is 0 Å². The summed E-state index contributed by atoms with van der Waals surface area (Å²) >= 11 is 7.77. The SMILES string of the molecule is COCN1c2cc(-n3cnc4c(N(C)C)nc(Cl)nc43)ccc2Sc2nccnc21. The summed E-state index contributed by atoms with van der Waals surface area (Å²) in [6.07, 6.45) is 5.11. The maximum atomic E-state index is 6.19. The second-order valence-electron chi connectivity index (χ2n) is 6.78. The molecule has 1 aliphatic heterocycles. The average molecular weight is 441 g/mol. The van der Waals surface area contributed by atoms with Crippen LogP contribution in [-0.2, 0) is 4.74 Å². The molecule has 0 radical (unpaired) electrons. The van der Waals surface area contributed by atoms with Crippen LogP contribution in [0.15, 0.2) is 46.8 Å². The minimum atomic E-state index is 0.173. The molecule has 4 aromatic rings. The fourth-order valence-corrected chi connectivity index (χ4v) is 4.51. The molecule has 152 valence electrons. The van der Waals surface area contributed by atoms with Gasteiger partial charge >= 0.3 is 0 Å². The number of halogens is 1. The molecular formula is C19H17ClN8OS. The predicted molar refractivity (Wildman–Crippen MR) is 116 cm³/mol. The molecule has 9 nitrogen and oxygen atoms in total. The van der Waals surface area contributed by atoms with Crippen molar-refractivity contribution in [2.45, 2.75) is 9.92 Å². The Morgan fingerprint density at radius 3 is 2.77 bits per heavy atom. The Morgan fingerprint density at radius 2 is 1.97 bits per heavy atom. The summed E-state index contributed by atoms with van der Waals surface area (Å²) in [4.78, 5) is 27.1. The van der Waals surface area contributed by atoms with Gasteiger partial charge < -0.3 is 9.64 Å². The van der Waals surface area contributed by atoms with E-state index in [0.29, 0.717) is 23.7 Å². The zero-order valence-corrected chi connectivity index (χ0v) is 18.0. The van der Waals surface area contributed by atoms with Crippen LogP contribution in [0.4, 0.5) is 17.3 Å². The van der Waals surface area contributed by atoms with Crippen molar-refractivity contribution in [1.82, 2.24) is 29.5 Å². The summed E-state index contributed by atoms with van der Waals surface area (Å²) in [5.74, 6) is 1.44. The number of nitrogens with zero attached hydrogens (tertiary/aromatic N) is 8. The van der Waals surface area contributed by atoms with Gasteiger partial charge in [-0.25, -0.2) is 15.0 Å². The monoisotopic (exact) mass is 440 g/mol. The quantitative estimate of drug-likeness (QED) is 0.442. The first-order valence-electron chi connectivity index (χ1n) is 9.04. The van der Waals surface area contributed by atoms with Crippen molar-refractivity contribution in [1.29, 1.82) is 0 Å². The van der Waals surface area contributed by atoms with Crippen LogP contribution in [0.5, 0.6) is 0 Å². The highest BCUT2D eigenvalue weighted by molar-refractivity contribution is 7.99. The van der Waals surface area contributed by atoms with Crippen LogP contribution in [0.3, 0.4) is 0 Å². The third kappa shape index (κ3) is 3.04. The number of rotatable bonds is 4. The van der Waals surface area contributed by atoms with E-state index in [-0.39, 0.29) is 5.28 Å². The molecule has 0 saturated heterocycles. The lowest BCUT2D eigenvalue weighted by Gasteiger charge is -2.30. The number of imidazole rings is 1. The highest BCUT2D eigenvalue weighted by atomic mass is 35.5. The Balaban J connectivity index is 1.66. The maximum Gasteiger partial charge on any atom is 0.226 e. The Bertz CT molecular complexity index is 1260. The summed E-state index contributed by atoms with van der Waals surface area (Å²) in [5.41, 5.74) is 3.19. The van der Waals surface area contributed by atoms with E-state index in [4.69, 9.17) is 16.3 Å². The minimum absolute atomic E-state index is 0.173. The van der Waals surface area contributed by atoms with E-state index in [1.807, 2.05) is 34.5 Å². The van der Waals surface area contributed by atoms with Crippen LogP contribution < -0.4 is 9.80 Å². The number of methoxy groups -OCH3 is 1. The predicted octanol–water partition coefficient (Wildman–Crippen LogP) is 3.53. The molecule has 1 aromatic carbocycles. The van der Waals surface area contributed by atoms with E-state index in [1.54, 1.807) is 37.6 Å². The molecule has 3 aromatic heterocycles. The van der Waals surface area contributed by atoms with Gasteiger partial charge in [-0.05, 0) is 29.8 Å². The van der Waals surface area contributed by atoms with Gasteiger partial charge in [-0.2, -0.15) is 9.97 Å². The number of anilines is 3. The molecule has 0 bridgehead atoms. The fourth-order valence-electron chi connectivity index (χ4n) is 3.37. The topological polar surface area (TPSA) is 85.1 Å². The molecule has 0 amide bonds. The molecule has 0 aliphatic carbocycles. The number of ether oxygens (including phenoxy) is 1. The van der Waals surface area contributed by atoms with E-state index in [9.17, 15) is 0 Å². The van der Waals surface area contributed by atoms with Gasteiger partial charge in [0.05, 0.1) is 11.4 Å². The zero-order chi connectivity index (χ0) is 20.8. The number of fused-ring (bicyclic) bond motifs is 3. The first kappa shape index (κ1) is 19.0. The van der Waals surface area contributed by atoms with Crippen molar-refractivity contribution in [3.63, 3.8) is 0 Å². The molecule has 0 spiro atoms. The molecule has 30 heavy (non-hydrogen) atoms. The van der Waals surface area contributed by atoms with Crippen LogP contribution in [0, 0.1) is 0 Å². The van der Waals surface area contributed by atoms with E-state index in [2.05, 4.69) is 37.1 Å². The third-order valence-corrected chi connectivity index (χ3v) is 5.87. The van der Waals surface area contributed by atoms with Gasteiger partial charge in [0.15, 0.2) is 22.8 Å². The van der Waals surface area contributed by atoms with Gasteiger partial charge in [-0.15, -0.1) is 0 Å². The average Bonchev–Trinajstić information content (AvgIpc) is 3.16. The van der Waals surface area contributed by atoms with Crippen molar-refractivity contribution >= 4 is 51.8 Å². The molecule has 5 rings (SSSR count). The lowest BCUT2D eigenvalue weighted by atomic mass is 10.2. The van der Waals surface area contributed by atoms with Crippen molar-refractivity contribution in [2.24, 2.45) is 0 Å². The van der Waals surface area contributed by atoms with Crippen molar-refractivity contribution in [2.75, 3.05) is 37.7 Å². The summed E-state index contributed by atoms with van der Waals surface area (Å²) in [6.45, 7) is 0.353. The Labute approximate surface area is 181 Å². The van der Waals surface area contributed by atoms with Crippen molar-refractivity contribution in [3.8, 4) is 5.69 Å². The van der Waals surface area contributed by atoms with Gasteiger partial charge in [0.2, 0.25) is 5.28 Å². The Morgan fingerprint density at radius 1 is 1.13 bits per heavy atom. The molecular weight excluding hydrogens is 424 g/mol. The summed E-state index contributed by atoms with van der Waals surface area (Å²) < 4.78 is 7.34. The lowest BCUT2D eigenvalue weighted by Crippen LogP contribution is -2.24. The minimum Gasteiger partial charge on any atom is -0.364 e. The highest BCUT2D eigenvalue weighted by Gasteiger charge is 2.26.